The Morgan fingerprint density at radius 3 is 2.05 bits per heavy atom. The molecule has 204 valence electrons. The van der Waals surface area contributed by atoms with Gasteiger partial charge >= 0.3 is 0 Å². The smallest absolute Gasteiger partial charge is 0.268 e. The Balaban J connectivity index is 1.50. The molecule has 0 bridgehead atoms. The Labute approximate surface area is 228 Å². The molecule has 0 aliphatic heterocycles. The summed E-state index contributed by atoms with van der Waals surface area (Å²) in [5, 5.41) is 23.7. The van der Waals surface area contributed by atoms with E-state index in [0.29, 0.717) is 18.2 Å². The van der Waals surface area contributed by atoms with Gasteiger partial charge in [-0.15, -0.1) is 0 Å². The number of benzene rings is 2. The quantitative estimate of drug-likeness (QED) is 0.202. The molecule has 2 unspecified atom stereocenters. The lowest BCUT2D eigenvalue weighted by molar-refractivity contribution is -0.133. The summed E-state index contributed by atoms with van der Waals surface area (Å²) in [6, 6.07) is 12.8. The Hall–Kier alpha value is -4.15. The van der Waals surface area contributed by atoms with Crippen LogP contribution < -0.4 is 16.1 Å². The van der Waals surface area contributed by atoms with Crippen LogP contribution in [-0.4, -0.2) is 64.7 Å². The van der Waals surface area contributed by atoms with Gasteiger partial charge in [-0.25, -0.2) is 5.48 Å². The van der Waals surface area contributed by atoms with E-state index in [0.717, 1.165) is 24.1 Å². The number of anilines is 1. The molecule has 3 amide bonds. The molecule has 0 heterocycles. The molecule has 39 heavy (non-hydrogen) atoms. The summed E-state index contributed by atoms with van der Waals surface area (Å²) >= 11 is 0. The van der Waals surface area contributed by atoms with Crippen LogP contribution in [0.4, 0.5) is 5.69 Å². The van der Waals surface area contributed by atoms with E-state index in [4.69, 9.17) is 5.21 Å². The first-order chi connectivity index (χ1) is 18.8. The number of likely N-dealkylation sites (N-methyl/N-ethyl adjacent to an activating group) is 1. The minimum Gasteiger partial charge on any atom is -0.391 e. The van der Waals surface area contributed by atoms with Crippen molar-refractivity contribution < 1.29 is 24.7 Å². The van der Waals surface area contributed by atoms with Gasteiger partial charge in [-0.1, -0.05) is 31.1 Å². The number of hydrogen-bond donors (Lipinski definition) is 5. The van der Waals surface area contributed by atoms with Gasteiger partial charge in [-0.05, 0) is 87.2 Å². The molecular formula is C30H34N4O5. The van der Waals surface area contributed by atoms with Gasteiger partial charge in [0, 0.05) is 28.4 Å². The molecule has 0 aromatic heterocycles. The third kappa shape index (κ3) is 9.27. The number of nitrogens with one attached hydrogen (secondary N) is 3. The summed E-state index contributed by atoms with van der Waals surface area (Å²) in [4.78, 5) is 38.5. The van der Waals surface area contributed by atoms with Gasteiger partial charge in [0.15, 0.2) is 0 Å². The second-order valence-electron chi connectivity index (χ2n) is 9.58. The second-order valence-corrected chi connectivity index (χ2v) is 9.58. The minimum absolute atomic E-state index is 0.0327. The molecule has 2 aromatic carbocycles. The van der Waals surface area contributed by atoms with Crippen LogP contribution in [0.1, 0.15) is 60.5 Å². The number of carbonyl (C=O) groups is 3. The predicted octanol–water partition coefficient (Wildman–Crippen LogP) is 2.28. The number of aliphatic hydroxyl groups excluding tert-OH is 1. The zero-order valence-corrected chi connectivity index (χ0v) is 22.2. The normalized spacial score (nSPS) is 14.6. The number of hydroxylamine groups is 1. The molecule has 0 saturated heterocycles. The molecule has 1 aliphatic carbocycles. The topological polar surface area (TPSA) is 131 Å². The van der Waals surface area contributed by atoms with Gasteiger partial charge in [0.05, 0.1) is 12.6 Å². The zero-order valence-electron chi connectivity index (χ0n) is 22.2. The molecule has 2 aromatic rings. The van der Waals surface area contributed by atoms with E-state index in [1.54, 1.807) is 12.1 Å². The van der Waals surface area contributed by atoms with Crippen LogP contribution in [0.25, 0.3) is 0 Å². The van der Waals surface area contributed by atoms with Crippen LogP contribution >= 0.6 is 0 Å². The van der Waals surface area contributed by atoms with E-state index >= 15 is 0 Å². The average Bonchev–Trinajstić information content (AvgIpc) is 2.95. The van der Waals surface area contributed by atoms with Crippen molar-refractivity contribution in [2.75, 3.05) is 18.9 Å². The molecule has 5 N–H and O–H groups in total. The van der Waals surface area contributed by atoms with Gasteiger partial charge < -0.3 is 15.7 Å². The van der Waals surface area contributed by atoms with Gasteiger partial charge in [0.2, 0.25) is 5.91 Å². The van der Waals surface area contributed by atoms with Crippen molar-refractivity contribution in [1.29, 1.82) is 0 Å². The van der Waals surface area contributed by atoms with Crippen LogP contribution in [0, 0.1) is 23.7 Å². The SMILES string of the molecule is CC(O)C(NC(=O)c1ccc(C#CC#Cc2ccc(NC(=O)CN(C)C3CCCCC3)cc2)cc1)C(=O)NO. The van der Waals surface area contributed by atoms with Crippen LogP contribution in [0.2, 0.25) is 0 Å². The zero-order chi connectivity index (χ0) is 28.2. The third-order valence-corrected chi connectivity index (χ3v) is 6.54. The largest absolute Gasteiger partial charge is 0.391 e. The van der Waals surface area contributed by atoms with Crippen molar-refractivity contribution in [1.82, 2.24) is 15.7 Å². The Morgan fingerprint density at radius 2 is 1.51 bits per heavy atom. The molecular weight excluding hydrogens is 496 g/mol. The number of amides is 3. The molecule has 3 rings (SSSR count). The first-order valence-electron chi connectivity index (χ1n) is 12.9. The van der Waals surface area contributed by atoms with Crippen LogP contribution in [0.3, 0.4) is 0 Å². The lowest BCUT2D eigenvalue weighted by Crippen LogP contribution is -2.51. The van der Waals surface area contributed by atoms with Gasteiger partial charge in [0.25, 0.3) is 11.8 Å². The summed E-state index contributed by atoms with van der Waals surface area (Å²) < 4.78 is 0. The lowest BCUT2D eigenvalue weighted by atomic mass is 9.94. The Kier molecular flexibility index (Phi) is 11.1. The molecule has 0 spiro atoms. The monoisotopic (exact) mass is 530 g/mol. The van der Waals surface area contributed by atoms with Crippen molar-refractivity contribution in [2.45, 2.75) is 57.2 Å². The summed E-state index contributed by atoms with van der Waals surface area (Å²) in [6.45, 7) is 1.70. The highest BCUT2D eigenvalue weighted by atomic mass is 16.5. The Bertz CT molecular complexity index is 1260. The maximum Gasteiger partial charge on any atom is 0.268 e. The van der Waals surface area contributed by atoms with E-state index in [1.807, 2.05) is 31.3 Å². The third-order valence-electron chi connectivity index (χ3n) is 6.54. The van der Waals surface area contributed by atoms with E-state index in [-0.39, 0.29) is 11.5 Å². The molecule has 1 saturated carbocycles. The number of hydrogen-bond acceptors (Lipinski definition) is 6. The minimum atomic E-state index is -1.30. The molecule has 9 nitrogen and oxygen atoms in total. The van der Waals surface area contributed by atoms with Gasteiger partial charge in [-0.3, -0.25) is 24.5 Å². The molecule has 1 aliphatic rings. The highest BCUT2D eigenvalue weighted by Gasteiger charge is 2.25. The second kappa shape index (κ2) is 14.7. The van der Waals surface area contributed by atoms with E-state index in [9.17, 15) is 19.5 Å². The highest BCUT2D eigenvalue weighted by Crippen LogP contribution is 2.21. The molecule has 2 atom stereocenters. The number of nitrogens with zero attached hydrogens (tertiary/aromatic N) is 1. The fourth-order valence-electron chi connectivity index (χ4n) is 4.33. The molecule has 0 radical (unpaired) electrons. The van der Waals surface area contributed by atoms with Crippen molar-refractivity contribution in [3.8, 4) is 23.7 Å². The first-order valence-corrected chi connectivity index (χ1v) is 12.9. The molecule has 9 heteroatoms. The van der Waals surface area contributed by atoms with E-state index in [1.165, 1.54) is 43.8 Å². The van der Waals surface area contributed by atoms with Gasteiger partial charge in [0.1, 0.15) is 6.04 Å². The fraction of sp³-hybridized carbons (Fsp3) is 0.367. The van der Waals surface area contributed by atoms with Crippen LogP contribution in [-0.2, 0) is 9.59 Å². The van der Waals surface area contributed by atoms with Crippen molar-refractivity contribution in [2.24, 2.45) is 0 Å². The Morgan fingerprint density at radius 1 is 0.949 bits per heavy atom. The lowest BCUT2D eigenvalue weighted by Gasteiger charge is -2.30. The van der Waals surface area contributed by atoms with Crippen LogP contribution in [0.5, 0.6) is 0 Å². The summed E-state index contributed by atoms with van der Waals surface area (Å²) in [7, 11) is 2.01. The van der Waals surface area contributed by atoms with Crippen molar-refractivity contribution in [3.63, 3.8) is 0 Å². The number of aliphatic hydroxyl groups is 1. The van der Waals surface area contributed by atoms with E-state index in [2.05, 4.69) is 39.2 Å². The van der Waals surface area contributed by atoms with Crippen molar-refractivity contribution >= 4 is 23.4 Å². The first kappa shape index (κ1) is 29.4. The maximum atomic E-state index is 12.4. The highest BCUT2D eigenvalue weighted by molar-refractivity contribution is 5.97. The predicted molar refractivity (Wildman–Crippen MR) is 148 cm³/mol. The fourth-order valence-corrected chi connectivity index (χ4v) is 4.33. The maximum absolute atomic E-state index is 12.4. The van der Waals surface area contributed by atoms with Crippen molar-refractivity contribution in [3.05, 3.63) is 65.2 Å². The summed E-state index contributed by atoms with van der Waals surface area (Å²) in [5.41, 5.74) is 3.79. The molecule has 1 fully saturated rings. The number of rotatable bonds is 8. The summed E-state index contributed by atoms with van der Waals surface area (Å²) in [5.74, 6) is 9.87. The van der Waals surface area contributed by atoms with Gasteiger partial charge in [-0.2, -0.15) is 0 Å². The van der Waals surface area contributed by atoms with E-state index < -0.39 is 24.0 Å². The standard InChI is InChI=1S/C30H34N4O5/c1-21(35)28(30(38)33-39)32-29(37)24-16-12-22(13-17-24)8-6-7-9-23-14-18-25(19-15-23)31-27(36)20-34(2)26-10-4-3-5-11-26/h12-19,21,26,28,35,39H,3-5,10-11,20H2,1-2H3,(H,31,36)(H,32,37)(H,33,38). The summed E-state index contributed by atoms with van der Waals surface area (Å²) in [6.07, 6.45) is 4.86. The average molecular weight is 531 g/mol. The van der Waals surface area contributed by atoms with Crippen LogP contribution in [0.15, 0.2) is 48.5 Å². The number of carbonyl (C=O) groups excluding carboxylic acids is 3.